The number of rotatable bonds is 6. The number of halogens is 1. The van der Waals surface area contributed by atoms with Gasteiger partial charge in [0, 0.05) is 18.0 Å². The molecule has 1 saturated carbocycles. The molecule has 5 nitrogen and oxygen atoms in total. The Morgan fingerprint density at radius 1 is 1.32 bits per heavy atom. The molecule has 6 heteroatoms. The third-order valence-corrected chi connectivity index (χ3v) is 3.56. The lowest BCUT2D eigenvalue weighted by atomic mass is 10.2. The molecule has 2 aromatic rings. The monoisotopic (exact) mass is 302 g/mol. The Kier molecular flexibility index (Phi) is 4.09. The van der Waals surface area contributed by atoms with Crippen LogP contribution in [0.25, 0.3) is 0 Å². The van der Waals surface area contributed by atoms with E-state index in [4.69, 9.17) is 10.5 Å². The summed E-state index contributed by atoms with van der Waals surface area (Å²) in [7, 11) is 0. The maximum absolute atomic E-state index is 13.7. The summed E-state index contributed by atoms with van der Waals surface area (Å²) >= 11 is 0. The Morgan fingerprint density at radius 3 is 2.77 bits per heavy atom. The Bertz CT molecular complexity index is 673. The summed E-state index contributed by atoms with van der Waals surface area (Å²) in [5, 5.41) is 3.10. The van der Waals surface area contributed by atoms with Gasteiger partial charge in [-0.25, -0.2) is 9.37 Å². The van der Waals surface area contributed by atoms with E-state index in [2.05, 4.69) is 15.3 Å². The van der Waals surface area contributed by atoms with Crippen LogP contribution in [0.15, 0.2) is 24.3 Å². The van der Waals surface area contributed by atoms with Gasteiger partial charge in [0.15, 0.2) is 5.82 Å². The summed E-state index contributed by atoms with van der Waals surface area (Å²) in [5.41, 5.74) is 6.98. The van der Waals surface area contributed by atoms with Gasteiger partial charge in [-0.2, -0.15) is 4.98 Å². The van der Waals surface area contributed by atoms with Crippen molar-refractivity contribution in [2.24, 2.45) is 0 Å². The summed E-state index contributed by atoms with van der Waals surface area (Å²) < 4.78 is 19.2. The smallest absolute Gasteiger partial charge is 0.242 e. The highest BCUT2D eigenvalue weighted by Crippen LogP contribution is 2.40. The zero-order valence-corrected chi connectivity index (χ0v) is 12.5. The molecule has 0 atom stereocenters. The lowest BCUT2D eigenvalue weighted by Crippen LogP contribution is -2.11. The standard InChI is InChI=1S/C16H19FN4O/c1-2-22-16-13(18)15(20-14(21-16)10-7-8-10)19-9-11-5-3-4-6-12(11)17/h3-6,10H,2,7-9,18H2,1H3,(H,19,20,21). The summed E-state index contributed by atoms with van der Waals surface area (Å²) in [6.07, 6.45) is 2.17. The average molecular weight is 302 g/mol. The van der Waals surface area contributed by atoms with Crippen LogP contribution in [0.4, 0.5) is 15.9 Å². The van der Waals surface area contributed by atoms with Gasteiger partial charge in [0.2, 0.25) is 5.88 Å². The zero-order chi connectivity index (χ0) is 15.5. The predicted octanol–water partition coefficient (Wildman–Crippen LogP) is 3.09. The van der Waals surface area contributed by atoms with E-state index in [1.165, 1.54) is 6.07 Å². The molecule has 1 fully saturated rings. The highest BCUT2D eigenvalue weighted by atomic mass is 19.1. The molecule has 0 aliphatic heterocycles. The highest BCUT2D eigenvalue weighted by Gasteiger charge is 2.28. The van der Waals surface area contributed by atoms with Crippen molar-refractivity contribution in [1.29, 1.82) is 0 Å². The molecule has 1 heterocycles. The van der Waals surface area contributed by atoms with Crippen LogP contribution in [0.2, 0.25) is 0 Å². The fraction of sp³-hybridized carbons (Fsp3) is 0.375. The molecule has 0 saturated heterocycles. The molecule has 3 N–H and O–H groups in total. The Hall–Kier alpha value is -2.37. The first-order valence-corrected chi connectivity index (χ1v) is 7.46. The quantitative estimate of drug-likeness (QED) is 0.858. The van der Waals surface area contributed by atoms with E-state index in [9.17, 15) is 4.39 Å². The lowest BCUT2D eigenvalue weighted by Gasteiger charge is -2.13. The minimum Gasteiger partial charge on any atom is -0.476 e. The molecule has 0 unspecified atom stereocenters. The van der Waals surface area contributed by atoms with Crippen molar-refractivity contribution in [3.05, 3.63) is 41.5 Å². The van der Waals surface area contributed by atoms with Gasteiger partial charge < -0.3 is 15.8 Å². The molecule has 1 aliphatic carbocycles. The van der Waals surface area contributed by atoms with E-state index in [1.54, 1.807) is 18.2 Å². The van der Waals surface area contributed by atoms with Gasteiger partial charge in [-0.1, -0.05) is 18.2 Å². The van der Waals surface area contributed by atoms with Crippen LogP contribution >= 0.6 is 0 Å². The van der Waals surface area contributed by atoms with Crippen molar-refractivity contribution in [2.45, 2.75) is 32.2 Å². The van der Waals surface area contributed by atoms with Gasteiger partial charge >= 0.3 is 0 Å². The van der Waals surface area contributed by atoms with Crippen molar-refractivity contribution in [2.75, 3.05) is 17.7 Å². The minimum atomic E-state index is -0.255. The largest absolute Gasteiger partial charge is 0.476 e. The maximum atomic E-state index is 13.7. The predicted molar refractivity (Wildman–Crippen MR) is 83.3 cm³/mol. The van der Waals surface area contributed by atoms with Crippen LogP contribution in [-0.4, -0.2) is 16.6 Å². The third kappa shape index (κ3) is 3.10. The van der Waals surface area contributed by atoms with Gasteiger partial charge in [0.1, 0.15) is 17.3 Å². The molecule has 1 aromatic heterocycles. The Labute approximate surface area is 128 Å². The number of hydrogen-bond donors (Lipinski definition) is 2. The van der Waals surface area contributed by atoms with Crippen LogP contribution < -0.4 is 15.8 Å². The zero-order valence-electron chi connectivity index (χ0n) is 12.5. The summed E-state index contributed by atoms with van der Waals surface area (Å²) in [5.74, 6) is 1.77. The van der Waals surface area contributed by atoms with Gasteiger partial charge in [-0.3, -0.25) is 0 Å². The van der Waals surface area contributed by atoms with Gasteiger partial charge in [0.25, 0.3) is 0 Å². The van der Waals surface area contributed by atoms with Gasteiger partial charge in [0.05, 0.1) is 6.61 Å². The second-order valence-electron chi connectivity index (χ2n) is 5.30. The van der Waals surface area contributed by atoms with Crippen molar-refractivity contribution in [1.82, 2.24) is 9.97 Å². The van der Waals surface area contributed by atoms with Gasteiger partial charge in [-0.05, 0) is 25.8 Å². The summed E-state index contributed by atoms with van der Waals surface area (Å²) in [6, 6.07) is 6.62. The number of aromatic nitrogens is 2. The number of hydrogen-bond acceptors (Lipinski definition) is 5. The summed E-state index contributed by atoms with van der Waals surface area (Å²) in [4.78, 5) is 8.86. The second-order valence-corrected chi connectivity index (χ2v) is 5.30. The Morgan fingerprint density at radius 2 is 2.09 bits per heavy atom. The lowest BCUT2D eigenvalue weighted by molar-refractivity contribution is 0.327. The van der Waals surface area contributed by atoms with Gasteiger partial charge in [-0.15, -0.1) is 0 Å². The van der Waals surface area contributed by atoms with Crippen LogP contribution in [0, 0.1) is 5.82 Å². The van der Waals surface area contributed by atoms with Crippen molar-refractivity contribution in [3.63, 3.8) is 0 Å². The molecule has 0 amide bonds. The van der Waals surface area contributed by atoms with Crippen molar-refractivity contribution in [3.8, 4) is 5.88 Å². The van der Waals surface area contributed by atoms with Crippen LogP contribution in [0.5, 0.6) is 5.88 Å². The molecule has 116 valence electrons. The number of ether oxygens (including phenoxy) is 1. The fourth-order valence-corrected chi connectivity index (χ4v) is 2.19. The first-order chi connectivity index (χ1) is 10.7. The second kappa shape index (κ2) is 6.17. The van der Waals surface area contributed by atoms with Crippen molar-refractivity contribution < 1.29 is 9.13 Å². The SMILES string of the molecule is CCOc1nc(C2CC2)nc(NCc2ccccc2F)c1N. The molecule has 0 bridgehead atoms. The fourth-order valence-electron chi connectivity index (χ4n) is 2.19. The molecule has 22 heavy (non-hydrogen) atoms. The molecule has 1 aromatic carbocycles. The topological polar surface area (TPSA) is 73.1 Å². The molecule has 3 rings (SSSR count). The number of nitrogens with zero attached hydrogens (tertiary/aromatic N) is 2. The van der Waals surface area contributed by atoms with E-state index in [-0.39, 0.29) is 5.82 Å². The van der Waals surface area contributed by atoms with Crippen LogP contribution in [-0.2, 0) is 6.54 Å². The molecular formula is C16H19FN4O. The minimum absolute atomic E-state index is 0.255. The molecule has 1 aliphatic rings. The number of nitrogen functional groups attached to an aromatic ring is 1. The normalized spacial score (nSPS) is 13.9. The van der Waals surface area contributed by atoms with E-state index in [1.807, 2.05) is 6.92 Å². The van der Waals surface area contributed by atoms with E-state index in [0.717, 1.165) is 18.7 Å². The maximum Gasteiger partial charge on any atom is 0.242 e. The first-order valence-electron chi connectivity index (χ1n) is 7.46. The number of anilines is 2. The van der Waals surface area contributed by atoms with Crippen molar-refractivity contribution >= 4 is 11.5 Å². The highest BCUT2D eigenvalue weighted by molar-refractivity contribution is 5.67. The molecule has 0 radical (unpaired) electrons. The van der Waals surface area contributed by atoms with Crippen LogP contribution in [0.3, 0.4) is 0 Å². The van der Waals surface area contributed by atoms with E-state index in [0.29, 0.717) is 42.0 Å². The number of nitrogens with two attached hydrogens (primary N) is 1. The summed E-state index contributed by atoms with van der Waals surface area (Å²) in [6.45, 7) is 2.67. The number of nitrogens with one attached hydrogen (secondary N) is 1. The molecule has 0 spiro atoms. The average Bonchev–Trinajstić information content (AvgIpc) is 3.34. The van der Waals surface area contributed by atoms with E-state index >= 15 is 0 Å². The number of benzene rings is 1. The van der Waals surface area contributed by atoms with E-state index < -0.39 is 0 Å². The van der Waals surface area contributed by atoms with Crippen LogP contribution in [0.1, 0.15) is 37.1 Å². The molecular weight excluding hydrogens is 283 g/mol. The Balaban J connectivity index is 1.84. The third-order valence-electron chi connectivity index (χ3n) is 3.56. The first kappa shape index (κ1) is 14.6.